The topological polar surface area (TPSA) is 78.6 Å². The van der Waals surface area contributed by atoms with Gasteiger partial charge in [0.1, 0.15) is 5.82 Å². The van der Waals surface area contributed by atoms with Crippen molar-refractivity contribution in [2.24, 2.45) is 11.7 Å². The number of nitrogens with zero attached hydrogens (tertiary/aromatic N) is 5. The summed E-state index contributed by atoms with van der Waals surface area (Å²) in [6, 6.07) is 1.93. The van der Waals surface area contributed by atoms with Crippen LogP contribution in [0.3, 0.4) is 0 Å². The minimum absolute atomic E-state index is 0. The first-order valence-corrected chi connectivity index (χ1v) is 9.21. The molecule has 2 heterocycles. The molecule has 1 amide bonds. The monoisotopic (exact) mass is 418 g/mol. The van der Waals surface area contributed by atoms with Crippen molar-refractivity contribution in [3.05, 3.63) is 12.3 Å². The highest BCUT2D eigenvalue weighted by Gasteiger charge is 2.40. The van der Waals surface area contributed by atoms with E-state index in [9.17, 15) is 4.79 Å². The lowest BCUT2D eigenvalue weighted by Crippen LogP contribution is -2.57. The summed E-state index contributed by atoms with van der Waals surface area (Å²) in [6.45, 7) is 5.08. The third-order valence-electron chi connectivity index (χ3n) is 5.50. The number of amides is 1. The van der Waals surface area contributed by atoms with E-state index in [4.69, 9.17) is 5.73 Å². The van der Waals surface area contributed by atoms with Crippen molar-refractivity contribution in [3.8, 4) is 0 Å². The van der Waals surface area contributed by atoms with E-state index in [0.29, 0.717) is 5.95 Å². The fourth-order valence-corrected chi connectivity index (χ4v) is 3.87. The highest BCUT2D eigenvalue weighted by atomic mass is 35.5. The van der Waals surface area contributed by atoms with Gasteiger partial charge in [0.2, 0.25) is 11.9 Å². The van der Waals surface area contributed by atoms with Crippen LogP contribution in [-0.2, 0) is 4.79 Å². The van der Waals surface area contributed by atoms with Crippen molar-refractivity contribution >= 4 is 42.5 Å². The highest BCUT2D eigenvalue weighted by molar-refractivity contribution is 5.85. The van der Waals surface area contributed by atoms with E-state index in [1.54, 1.807) is 6.20 Å². The predicted octanol–water partition coefficient (Wildman–Crippen LogP) is 1.94. The molecular weight excluding hydrogens is 387 g/mol. The van der Waals surface area contributed by atoms with Gasteiger partial charge in [-0.15, -0.1) is 24.8 Å². The Morgan fingerprint density at radius 3 is 2.48 bits per heavy atom. The summed E-state index contributed by atoms with van der Waals surface area (Å²) < 4.78 is 0. The molecule has 0 bridgehead atoms. The van der Waals surface area contributed by atoms with Crippen molar-refractivity contribution in [1.82, 2.24) is 14.9 Å². The number of hydrogen-bond donors (Lipinski definition) is 1. The number of piperazine rings is 1. The third kappa shape index (κ3) is 5.36. The van der Waals surface area contributed by atoms with Gasteiger partial charge in [0, 0.05) is 52.0 Å². The molecule has 1 aromatic heterocycles. The quantitative estimate of drug-likeness (QED) is 0.807. The second kappa shape index (κ2) is 9.75. The van der Waals surface area contributed by atoms with Crippen LogP contribution in [0.4, 0.5) is 11.8 Å². The van der Waals surface area contributed by atoms with Gasteiger partial charge in [-0.05, 0) is 25.8 Å². The SMILES string of the molecule is CN(C)c1nccc(N2CCN(C(=O)C3CCCCC3(C)N)CC2)n1.Cl.Cl. The number of halogens is 2. The fourth-order valence-electron chi connectivity index (χ4n) is 3.87. The molecule has 1 saturated heterocycles. The number of nitrogens with two attached hydrogens (primary N) is 1. The molecule has 0 spiro atoms. The lowest BCUT2D eigenvalue weighted by molar-refractivity contribution is -0.139. The molecule has 2 N–H and O–H groups in total. The molecule has 0 aromatic carbocycles. The standard InChI is InChI=1S/C18H30N6O.2ClH/c1-18(19)8-5-4-6-14(18)16(25)24-12-10-23(11-13-24)15-7-9-20-17(21-15)22(2)3;;/h7,9,14H,4-6,8,10-13,19H2,1-3H3;2*1H. The van der Waals surface area contributed by atoms with Crippen LogP contribution in [0.25, 0.3) is 0 Å². The van der Waals surface area contributed by atoms with Gasteiger partial charge in [-0.1, -0.05) is 12.8 Å². The van der Waals surface area contributed by atoms with Gasteiger partial charge in [0.25, 0.3) is 0 Å². The van der Waals surface area contributed by atoms with Crippen LogP contribution < -0.4 is 15.5 Å². The molecule has 9 heteroatoms. The van der Waals surface area contributed by atoms with Crippen molar-refractivity contribution in [3.63, 3.8) is 0 Å². The number of aromatic nitrogens is 2. The van der Waals surface area contributed by atoms with Crippen LogP contribution in [0.15, 0.2) is 12.3 Å². The van der Waals surface area contributed by atoms with E-state index >= 15 is 0 Å². The van der Waals surface area contributed by atoms with Gasteiger partial charge in [-0.25, -0.2) is 4.98 Å². The number of carbonyl (C=O) groups excluding carboxylic acids is 1. The van der Waals surface area contributed by atoms with Gasteiger partial charge < -0.3 is 20.4 Å². The first-order chi connectivity index (χ1) is 11.9. The molecule has 2 aliphatic rings. The van der Waals surface area contributed by atoms with Gasteiger partial charge in [-0.3, -0.25) is 4.79 Å². The van der Waals surface area contributed by atoms with Gasteiger partial charge in [0.05, 0.1) is 5.92 Å². The minimum atomic E-state index is -0.361. The van der Waals surface area contributed by atoms with Gasteiger partial charge in [0.15, 0.2) is 0 Å². The highest BCUT2D eigenvalue weighted by Crippen LogP contribution is 2.33. The molecule has 7 nitrogen and oxygen atoms in total. The molecular formula is C18H32Cl2N6O. The van der Waals surface area contributed by atoms with Crippen molar-refractivity contribution in [1.29, 1.82) is 0 Å². The number of rotatable bonds is 3. The summed E-state index contributed by atoms with van der Waals surface area (Å²) in [6.07, 6.45) is 5.89. The second-order valence-electron chi connectivity index (χ2n) is 7.73. The Morgan fingerprint density at radius 2 is 1.89 bits per heavy atom. The third-order valence-corrected chi connectivity index (χ3v) is 5.50. The molecule has 1 aromatic rings. The molecule has 27 heavy (non-hydrogen) atoms. The normalized spacial score (nSPS) is 25.3. The van der Waals surface area contributed by atoms with E-state index in [0.717, 1.165) is 57.7 Å². The van der Waals surface area contributed by atoms with Crippen molar-refractivity contribution < 1.29 is 4.79 Å². The molecule has 1 aliphatic carbocycles. The zero-order valence-electron chi connectivity index (χ0n) is 16.4. The van der Waals surface area contributed by atoms with Gasteiger partial charge in [-0.2, -0.15) is 4.98 Å². The summed E-state index contributed by atoms with van der Waals surface area (Å²) in [4.78, 5) is 27.9. The molecule has 2 unspecified atom stereocenters. The van der Waals surface area contributed by atoms with E-state index in [1.807, 2.05) is 36.9 Å². The smallest absolute Gasteiger partial charge is 0.227 e. The van der Waals surface area contributed by atoms with Crippen LogP contribution in [0.2, 0.25) is 0 Å². The minimum Gasteiger partial charge on any atom is -0.353 e. The first kappa shape index (κ1) is 23.7. The van der Waals surface area contributed by atoms with Crippen molar-refractivity contribution in [2.45, 2.75) is 38.1 Å². The molecule has 2 atom stereocenters. The molecule has 0 radical (unpaired) electrons. The van der Waals surface area contributed by atoms with Crippen LogP contribution in [-0.4, -0.2) is 66.6 Å². The Hall–Kier alpha value is -1.31. The van der Waals surface area contributed by atoms with E-state index in [1.165, 1.54) is 0 Å². The summed E-state index contributed by atoms with van der Waals surface area (Å²) in [5, 5.41) is 0. The Bertz CT molecular complexity index is 620. The largest absolute Gasteiger partial charge is 0.353 e. The average Bonchev–Trinajstić information content (AvgIpc) is 2.61. The Labute approximate surface area is 174 Å². The maximum atomic E-state index is 13.0. The number of carbonyl (C=O) groups is 1. The van der Waals surface area contributed by atoms with E-state index in [-0.39, 0.29) is 42.2 Å². The number of hydrogen-bond acceptors (Lipinski definition) is 6. The molecule has 1 aliphatic heterocycles. The average molecular weight is 419 g/mol. The zero-order valence-corrected chi connectivity index (χ0v) is 18.1. The van der Waals surface area contributed by atoms with Crippen LogP contribution >= 0.6 is 24.8 Å². The molecule has 3 rings (SSSR count). The summed E-state index contributed by atoms with van der Waals surface area (Å²) in [7, 11) is 3.87. The van der Waals surface area contributed by atoms with Crippen LogP contribution in [0, 0.1) is 5.92 Å². The van der Waals surface area contributed by atoms with Crippen LogP contribution in [0.5, 0.6) is 0 Å². The zero-order chi connectivity index (χ0) is 18.0. The second-order valence-corrected chi connectivity index (χ2v) is 7.73. The van der Waals surface area contributed by atoms with E-state index < -0.39 is 0 Å². The lowest BCUT2D eigenvalue weighted by Gasteiger charge is -2.42. The number of anilines is 2. The summed E-state index contributed by atoms with van der Waals surface area (Å²) in [5.41, 5.74) is 6.05. The predicted molar refractivity (Wildman–Crippen MR) is 114 cm³/mol. The maximum Gasteiger partial charge on any atom is 0.227 e. The molecule has 1 saturated carbocycles. The summed E-state index contributed by atoms with van der Waals surface area (Å²) >= 11 is 0. The Kier molecular flexibility index (Phi) is 8.57. The lowest BCUT2D eigenvalue weighted by atomic mass is 9.74. The van der Waals surface area contributed by atoms with Crippen LogP contribution in [0.1, 0.15) is 32.6 Å². The summed E-state index contributed by atoms with van der Waals surface area (Å²) in [5.74, 6) is 1.83. The van der Waals surface area contributed by atoms with Gasteiger partial charge >= 0.3 is 0 Å². The first-order valence-electron chi connectivity index (χ1n) is 9.21. The molecule has 2 fully saturated rings. The Balaban J connectivity index is 0.00000182. The Morgan fingerprint density at radius 1 is 1.22 bits per heavy atom. The fraction of sp³-hybridized carbons (Fsp3) is 0.722. The van der Waals surface area contributed by atoms with Crippen molar-refractivity contribution in [2.75, 3.05) is 50.1 Å². The molecule has 154 valence electrons. The maximum absolute atomic E-state index is 13.0. The van der Waals surface area contributed by atoms with E-state index in [2.05, 4.69) is 14.9 Å².